The average Bonchev–Trinajstić information content (AvgIpc) is 2.53. The van der Waals surface area contributed by atoms with Crippen molar-refractivity contribution in [3.05, 3.63) is 23.8 Å². The first kappa shape index (κ1) is 19.0. The van der Waals surface area contributed by atoms with Gasteiger partial charge in [0.1, 0.15) is 17.4 Å². The molecule has 0 heterocycles. The maximum absolute atomic E-state index is 12.4. The number of benzene rings is 1. The molecule has 126 valence electrons. The first-order valence-corrected chi connectivity index (χ1v) is 7.98. The first-order valence-electron chi connectivity index (χ1n) is 7.98. The number of carbonyl (C=O) groups excluding carboxylic acids is 1. The van der Waals surface area contributed by atoms with E-state index in [-0.39, 0.29) is 5.91 Å². The summed E-state index contributed by atoms with van der Waals surface area (Å²) >= 11 is 0. The van der Waals surface area contributed by atoms with Crippen LogP contribution < -0.4 is 10.1 Å². The molecule has 1 atom stereocenters. The number of carbonyl (C=O) groups is 1. The lowest BCUT2D eigenvalue weighted by atomic mass is 10.0. The zero-order chi connectivity index (χ0) is 17.5. The van der Waals surface area contributed by atoms with Crippen LogP contribution in [-0.4, -0.2) is 24.7 Å². The summed E-state index contributed by atoms with van der Waals surface area (Å²) in [5.41, 5.74) is 0.0786. The minimum atomic E-state index is -0.881. The molecule has 1 N–H and O–H groups in total. The second kappa shape index (κ2) is 8.54. The molecular weight excluding hydrogens is 292 g/mol. The molecule has 1 aromatic carbocycles. The van der Waals surface area contributed by atoms with Gasteiger partial charge in [-0.1, -0.05) is 20.8 Å². The molecular formula is C18H26N2O3. The van der Waals surface area contributed by atoms with Crippen LogP contribution in [0, 0.1) is 17.2 Å². The van der Waals surface area contributed by atoms with Crippen LogP contribution in [0.25, 0.3) is 0 Å². The molecule has 0 radical (unpaired) electrons. The molecule has 0 aliphatic rings. The fourth-order valence-corrected chi connectivity index (χ4v) is 1.99. The summed E-state index contributed by atoms with van der Waals surface area (Å²) in [5, 5.41) is 12.1. The minimum Gasteiger partial charge on any atom is -0.492 e. The van der Waals surface area contributed by atoms with Crippen molar-refractivity contribution >= 4 is 11.6 Å². The van der Waals surface area contributed by atoms with Gasteiger partial charge in [0.05, 0.1) is 12.2 Å². The number of nitriles is 1. The minimum absolute atomic E-state index is 0.221. The lowest BCUT2D eigenvalue weighted by Gasteiger charge is -2.26. The Morgan fingerprint density at radius 3 is 2.61 bits per heavy atom. The molecule has 23 heavy (non-hydrogen) atoms. The second-order valence-electron chi connectivity index (χ2n) is 6.00. The number of nitrogens with zero attached hydrogens (tertiary/aromatic N) is 1. The molecule has 0 saturated carbocycles. The van der Waals surface area contributed by atoms with Crippen molar-refractivity contribution in [2.24, 2.45) is 5.92 Å². The first-order chi connectivity index (χ1) is 10.9. The fourth-order valence-electron chi connectivity index (χ4n) is 1.99. The molecule has 1 unspecified atom stereocenters. The van der Waals surface area contributed by atoms with Crippen molar-refractivity contribution in [1.82, 2.24) is 0 Å². The largest absolute Gasteiger partial charge is 0.492 e. The van der Waals surface area contributed by atoms with Gasteiger partial charge in [0, 0.05) is 12.3 Å². The van der Waals surface area contributed by atoms with Gasteiger partial charge in [0.25, 0.3) is 5.91 Å². The normalized spacial score (nSPS) is 13.3. The molecule has 0 bridgehead atoms. The summed E-state index contributed by atoms with van der Waals surface area (Å²) in [7, 11) is 0. The maximum atomic E-state index is 12.4. The van der Waals surface area contributed by atoms with Crippen molar-refractivity contribution in [1.29, 1.82) is 5.26 Å². The third-order valence-corrected chi connectivity index (χ3v) is 3.55. The molecule has 0 aromatic heterocycles. The number of nitrogens with one attached hydrogen (secondary N) is 1. The lowest BCUT2D eigenvalue weighted by molar-refractivity contribution is -0.139. The van der Waals surface area contributed by atoms with Crippen LogP contribution in [0.4, 0.5) is 5.69 Å². The van der Waals surface area contributed by atoms with Crippen LogP contribution in [0.3, 0.4) is 0 Å². The summed E-state index contributed by atoms with van der Waals surface area (Å²) < 4.78 is 11.2. The summed E-state index contributed by atoms with van der Waals surface area (Å²) in [6.07, 6.45) is 0.563. The van der Waals surface area contributed by atoms with Crippen molar-refractivity contribution < 1.29 is 14.3 Å². The standard InChI is InChI=1S/C18H26N2O3/c1-6-18(5,23-7-2)17(21)20-15-8-9-16(14(10-15)11-19)22-12-13(3)4/h8-10,13H,6-7,12H2,1-5H3,(H,20,21). The molecule has 1 aromatic rings. The highest BCUT2D eigenvalue weighted by Crippen LogP contribution is 2.24. The number of rotatable bonds is 8. The number of hydrogen-bond acceptors (Lipinski definition) is 4. The van der Waals surface area contributed by atoms with E-state index in [2.05, 4.69) is 11.4 Å². The van der Waals surface area contributed by atoms with Gasteiger partial charge in [0.15, 0.2) is 0 Å². The highest BCUT2D eigenvalue weighted by Gasteiger charge is 2.31. The Bertz CT molecular complexity index is 578. The van der Waals surface area contributed by atoms with E-state index in [0.29, 0.717) is 42.6 Å². The topological polar surface area (TPSA) is 71.3 Å². The van der Waals surface area contributed by atoms with Crippen LogP contribution in [0.5, 0.6) is 5.75 Å². The van der Waals surface area contributed by atoms with Gasteiger partial charge >= 0.3 is 0 Å². The van der Waals surface area contributed by atoms with Gasteiger partial charge in [0.2, 0.25) is 0 Å². The van der Waals surface area contributed by atoms with Gasteiger partial charge in [-0.05, 0) is 44.4 Å². The Labute approximate surface area is 138 Å². The molecule has 1 amide bonds. The van der Waals surface area contributed by atoms with Crippen LogP contribution in [0.1, 0.15) is 46.6 Å². The molecule has 0 spiro atoms. The number of ether oxygens (including phenoxy) is 2. The Hall–Kier alpha value is -2.06. The van der Waals surface area contributed by atoms with Crippen LogP contribution in [0.15, 0.2) is 18.2 Å². The Balaban J connectivity index is 2.90. The van der Waals surface area contributed by atoms with E-state index in [0.717, 1.165) is 0 Å². The Morgan fingerprint density at radius 1 is 1.39 bits per heavy atom. The summed E-state index contributed by atoms with van der Waals surface area (Å²) in [5.74, 6) is 0.682. The molecule has 1 rings (SSSR count). The smallest absolute Gasteiger partial charge is 0.256 e. The van der Waals surface area contributed by atoms with Crippen LogP contribution >= 0.6 is 0 Å². The van der Waals surface area contributed by atoms with Gasteiger partial charge < -0.3 is 14.8 Å². The van der Waals surface area contributed by atoms with E-state index in [4.69, 9.17) is 9.47 Å². The summed E-state index contributed by atoms with van der Waals surface area (Å²) in [6.45, 7) is 10.6. The van der Waals surface area contributed by atoms with Gasteiger partial charge in [-0.15, -0.1) is 0 Å². The summed E-state index contributed by atoms with van der Waals surface area (Å²) in [6, 6.07) is 7.17. The molecule has 0 fully saturated rings. The zero-order valence-electron chi connectivity index (χ0n) is 14.6. The Kier molecular flexibility index (Phi) is 7.05. The lowest BCUT2D eigenvalue weighted by Crippen LogP contribution is -2.42. The molecule has 0 aliphatic carbocycles. The average molecular weight is 318 g/mol. The second-order valence-corrected chi connectivity index (χ2v) is 6.00. The molecule has 0 saturated heterocycles. The van der Waals surface area contributed by atoms with E-state index >= 15 is 0 Å². The molecule has 5 heteroatoms. The Morgan fingerprint density at radius 2 is 2.09 bits per heavy atom. The van der Waals surface area contributed by atoms with Gasteiger partial charge in [-0.25, -0.2) is 0 Å². The number of anilines is 1. The van der Waals surface area contributed by atoms with E-state index in [9.17, 15) is 10.1 Å². The van der Waals surface area contributed by atoms with Gasteiger partial charge in [-0.2, -0.15) is 5.26 Å². The summed E-state index contributed by atoms with van der Waals surface area (Å²) in [4.78, 5) is 12.4. The quantitative estimate of drug-likeness (QED) is 0.792. The third-order valence-electron chi connectivity index (χ3n) is 3.55. The maximum Gasteiger partial charge on any atom is 0.256 e. The van der Waals surface area contributed by atoms with Crippen molar-refractivity contribution in [3.8, 4) is 11.8 Å². The fraction of sp³-hybridized carbons (Fsp3) is 0.556. The zero-order valence-corrected chi connectivity index (χ0v) is 14.6. The van der Waals surface area contributed by atoms with E-state index in [1.807, 2.05) is 27.7 Å². The van der Waals surface area contributed by atoms with Crippen molar-refractivity contribution in [2.75, 3.05) is 18.5 Å². The highest BCUT2D eigenvalue weighted by atomic mass is 16.5. The van der Waals surface area contributed by atoms with Gasteiger partial charge in [-0.3, -0.25) is 4.79 Å². The van der Waals surface area contributed by atoms with E-state index < -0.39 is 5.60 Å². The van der Waals surface area contributed by atoms with E-state index in [1.165, 1.54) is 0 Å². The van der Waals surface area contributed by atoms with Crippen molar-refractivity contribution in [2.45, 2.75) is 46.6 Å². The molecule has 0 aliphatic heterocycles. The monoisotopic (exact) mass is 318 g/mol. The molecule has 5 nitrogen and oxygen atoms in total. The number of amides is 1. The number of hydrogen-bond donors (Lipinski definition) is 1. The van der Waals surface area contributed by atoms with Crippen LogP contribution in [0.2, 0.25) is 0 Å². The van der Waals surface area contributed by atoms with Crippen LogP contribution in [-0.2, 0) is 9.53 Å². The SMILES string of the molecule is CCOC(C)(CC)C(=O)Nc1ccc(OCC(C)C)c(C#N)c1. The van der Waals surface area contributed by atoms with Crippen molar-refractivity contribution in [3.63, 3.8) is 0 Å². The predicted octanol–water partition coefficient (Wildman–Crippen LogP) is 3.74. The third kappa shape index (κ3) is 5.26. The highest BCUT2D eigenvalue weighted by molar-refractivity contribution is 5.97. The predicted molar refractivity (Wildman–Crippen MR) is 90.4 cm³/mol. The van der Waals surface area contributed by atoms with E-state index in [1.54, 1.807) is 25.1 Å².